The Morgan fingerprint density at radius 2 is 2.25 bits per heavy atom. The minimum atomic E-state index is -0.188. The fourth-order valence-corrected chi connectivity index (χ4v) is 2.97. The summed E-state index contributed by atoms with van der Waals surface area (Å²) in [4.78, 5) is 22.7. The molecular weight excluding hydrogens is 306 g/mol. The predicted molar refractivity (Wildman–Crippen MR) is 88.2 cm³/mol. The number of rotatable bonds is 5. The second kappa shape index (κ2) is 7.53. The molecule has 7 heteroatoms. The Balaban J connectivity index is 1.50. The normalized spacial score (nSPS) is 17.9. The quantitative estimate of drug-likeness (QED) is 0.834. The molecule has 1 aliphatic rings. The first kappa shape index (κ1) is 16.6. The number of aromatic nitrogens is 4. The fraction of sp³-hybridized carbons (Fsp3) is 0.529. The van der Waals surface area contributed by atoms with Gasteiger partial charge in [-0.3, -0.25) is 19.4 Å². The largest absolute Gasteiger partial charge is 0.368 e. The van der Waals surface area contributed by atoms with Crippen molar-refractivity contribution < 1.29 is 9.53 Å². The van der Waals surface area contributed by atoms with Crippen LogP contribution in [0.1, 0.15) is 36.0 Å². The maximum Gasteiger partial charge on any atom is 0.222 e. The number of hydrogen-bond donors (Lipinski definition) is 0. The third-order valence-corrected chi connectivity index (χ3v) is 4.20. The van der Waals surface area contributed by atoms with Gasteiger partial charge in [0.1, 0.15) is 6.10 Å². The first-order chi connectivity index (χ1) is 11.6. The number of carbonyl (C=O) groups is 1. The number of amides is 1. The lowest BCUT2D eigenvalue weighted by atomic mass is 10.2. The van der Waals surface area contributed by atoms with E-state index >= 15 is 0 Å². The molecule has 0 spiro atoms. The number of aryl methyl sites for hydroxylation is 3. The molecular formula is C17H23N5O2. The average Bonchev–Trinajstić information content (AvgIpc) is 2.93. The van der Waals surface area contributed by atoms with Gasteiger partial charge >= 0.3 is 0 Å². The Kier molecular flexibility index (Phi) is 5.20. The molecule has 1 atom stereocenters. The maximum absolute atomic E-state index is 12.5. The summed E-state index contributed by atoms with van der Waals surface area (Å²) in [7, 11) is 0. The van der Waals surface area contributed by atoms with Crippen molar-refractivity contribution in [2.24, 2.45) is 0 Å². The minimum absolute atomic E-state index is 0.161. The van der Waals surface area contributed by atoms with Crippen LogP contribution in [0.15, 0.2) is 24.7 Å². The summed E-state index contributed by atoms with van der Waals surface area (Å²) in [6.07, 6.45) is 6.09. The summed E-state index contributed by atoms with van der Waals surface area (Å²) in [5.41, 5.74) is 2.92. The molecule has 3 rings (SSSR count). The third kappa shape index (κ3) is 3.97. The molecule has 3 heterocycles. The molecule has 7 nitrogen and oxygen atoms in total. The van der Waals surface area contributed by atoms with Gasteiger partial charge in [0.25, 0.3) is 0 Å². The second-order valence-electron chi connectivity index (χ2n) is 6.08. The molecule has 24 heavy (non-hydrogen) atoms. The molecule has 1 fully saturated rings. The van der Waals surface area contributed by atoms with Crippen LogP contribution in [-0.4, -0.2) is 50.3 Å². The van der Waals surface area contributed by atoms with E-state index in [1.165, 1.54) is 0 Å². The van der Waals surface area contributed by atoms with E-state index < -0.39 is 0 Å². The van der Waals surface area contributed by atoms with Gasteiger partial charge in [-0.2, -0.15) is 5.10 Å². The van der Waals surface area contributed by atoms with Crippen LogP contribution in [0.3, 0.4) is 0 Å². The molecule has 1 amide bonds. The lowest BCUT2D eigenvalue weighted by Crippen LogP contribution is -2.42. The van der Waals surface area contributed by atoms with E-state index in [1.807, 2.05) is 23.4 Å². The lowest BCUT2D eigenvalue weighted by Gasteiger charge is -2.32. The lowest BCUT2D eigenvalue weighted by molar-refractivity contribution is -0.139. The SMILES string of the molecule is Cc1cc(C)n(CCCC(=O)N2CCOC(c3cnccn3)C2)n1. The Bertz CT molecular complexity index is 686. The highest BCUT2D eigenvalue weighted by Gasteiger charge is 2.26. The molecule has 0 aromatic carbocycles. The minimum Gasteiger partial charge on any atom is -0.368 e. The van der Waals surface area contributed by atoms with Gasteiger partial charge in [0.15, 0.2) is 0 Å². The number of nitrogens with zero attached hydrogens (tertiary/aromatic N) is 5. The van der Waals surface area contributed by atoms with Crippen LogP contribution in [0.5, 0.6) is 0 Å². The zero-order chi connectivity index (χ0) is 16.9. The zero-order valence-electron chi connectivity index (χ0n) is 14.2. The van der Waals surface area contributed by atoms with Gasteiger partial charge in [-0.15, -0.1) is 0 Å². The Morgan fingerprint density at radius 3 is 2.96 bits per heavy atom. The summed E-state index contributed by atoms with van der Waals surface area (Å²) in [6.45, 7) is 6.49. The average molecular weight is 329 g/mol. The molecule has 0 radical (unpaired) electrons. The van der Waals surface area contributed by atoms with Crippen LogP contribution < -0.4 is 0 Å². The number of carbonyl (C=O) groups excluding carboxylic acids is 1. The van der Waals surface area contributed by atoms with E-state index in [-0.39, 0.29) is 12.0 Å². The monoisotopic (exact) mass is 329 g/mol. The summed E-state index contributed by atoms with van der Waals surface area (Å²) in [6, 6.07) is 2.05. The summed E-state index contributed by atoms with van der Waals surface area (Å²) < 4.78 is 7.69. The van der Waals surface area contributed by atoms with E-state index in [1.54, 1.807) is 18.6 Å². The van der Waals surface area contributed by atoms with Crippen molar-refractivity contribution in [1.29, 1.82) is 0 Å². The molecule has 0 aliphatic carbocycles. The molecule has 128 valence electrons. The van der Waals surface area contributed by atoms with Crippen molar-refractivity contribution in [2.45, 2.75) is 39.3 Å². The summed E-state index contributed by atoms with van der Waals surface area (Å²) in [5, 5.41) is 4.43. The number of morpholine rings is 1. The van der Waals surface area contributed by atoms with Gasteiger partial charge in [0.2, 0.25) is 5.91 Å². The van der Waals surface area contributed by atoms with Crippen LogP contribution in [0.25, 0.3) is 0 Å². The van der Waals surface area contributed by atoms with Crippen molar-refractivity contribution in [3.05, 3.63) is 41.7 Å². The fourth-order valence-electron chi connectivity index (χ4n) is 2.97. The van der Waals surface area contributed by atoms with E-state index in [4.69, 9.17) is 4.74 Å². The standard InChI is InChI=1S/C17H23N5O2/c1-13-10-14(2)22(20-13)7-3-4-17(23)21-8-9-24-16(12-21)15-11-18-5-6-19-15/h5-6,10-11,16H,3-4,7-9,12H2,1-2H3. The van der Waals surface area contributed by atoms with Crippen molar-refractivity contribution in [1.82, 2.24) is 24.6 Å². The van der Waals surface area contributed by atoms with Crippen molar-refractivity contribution in [2.75, 3.05) is 19.7 Å². The van der Waals surface area contributed by atoms with E-state index in [0.29, 0.717) is 26.1 Å². The number of ether oxygens (including phenoxy) is 1. The van der Waals surface area contributed by atoms with Crippen LogP contribution in [0.4, 0.5) is 0 Å². The Labute approximate surface area is 141 Å². The number of hydrogen-bond acceptors (Lipinski definition) is 5. The topological polar surface area (TPSA) is 73.1 Å². The van der Waals surface area contributed by atoms with Gasteiger partial charge in [0, 0.05) is 37.6 Å². The molecule has 2 aromatic rings. The smallest absolute Gasteiger partial charge is 0.222 e. The third-order valence-electron chi connectivity index (χ3n) is 4.20. The highest BCUT2D eigenvalue weighted by Crippen LogP contribution is 2.20. The summed E-state index contributed by atoms with van der Waals surface area (Å²) in [5.74, 6) is 0.161. The molecule has 0 N–H and O–H groups in total. The zero-order valence-corrected chi connectivity index (χ0v) is 14.2. The first-order valence-electron chi connectivity index (χ1n) is 8.30. The highest BCUT2D eigenvalue weighted by atomic mass is 16.5. The molecule has 0 saturated carbocycles. The molecule has 1 aliphatic heterocycles. The van der Waals surface area contributed by atoms with Crippen molar-refractivity contribution in [3.63, 3.8) is 0 Å². The van der Waals surface area contributed by atoms with Gasteiger partial charge in [-0.1, -0.05) is 0 Å². The van der Waals surface area contributed by atoms with Crippen LogP contribution in [-0.2, 0) is 16.1 Å². The van der Waals surface area contributed by atoms with Crippen LogP contribution >= 0.6 is 0 Å². The van der Waals surface area contributed by atoms with Gasteiger partial charge < -0.3 is 9.64 Å². The Hall–Kier alpha value is -2.28. The van der Waals surface area contributed by atoms with Crippen molar-refractivity contribution in [3.8, 4) is 0 Å². The van der Waals surface area contributed by atoms with E-state index in [9.17, 15) is 4.79 Å². The summed E-state index contributed by atoms with van der Waals surface area (Å²) >= 11 is 0. The highest BCUT2D eigenvalue weighted by molar-refractivity contribution is 5.76. The predicted octanol–water partition coefficient (Wildman–Crippen LogP) is 1.67. The Morgan fingerprint density at radius 1 is 1.38 bits per heavy atom. The first-order valence-corrected chi connectivity index (χ1v) is 8.30. The van der Waals surface area contributed by atoms with E-state index in [2.05, 4.69) is 21.1 Å². The van der Waals surface area contributed by atoms with Crippen molar-refractivity contribution >= 4 is 5.91 Å². The molecule has 2 aromatic heterocycles. The van der Waals surface area contributed by atoms with Gasteiger partial charge in [-0.25, -0.2) is 0 Å². The molecule has 0 bridgehead atoms. The van der Waals surface area contributed by atoms with Crippen LogP contribution in [0, 0.1) is 13.8 Å². The van der Waals surface area contributed by atoms with Gasteiger partial charge in [0.05, 0.1) is 30.7 Å². The van der Waals surface area contributed by atoms with E-state index in [0.717, 1.165) is 30.0 Å². The maximum atomic E-state index is 12.5. The van der Waals surface area contributed by atoms with Crippen LogP contribution in [0.2, 0.25) is 0 Å². The molecule has 1 saturated heterocycles. The van der Waals surface area contributed by atoms with Gasteiger partial charge in [-0.05, 0) is 26.3 Å². The molecule has 1 unspecified atom stereocenters. The second-order valence-corrected chi connectivity index (χ2v) is 6.08.